The summed E-state index contributed by atoms with van der Waals surface area (Å²) < 4.78 is 3.68. The minimum atomic E-state index is -0.0736. The maximum Gasteiger partial charge on any atom is 0.225 e. The van der Waals surface area contributed by atoms with Gasteiger partial charge < -0.3 is 10.6 Å². The molecule has 2 N–H and O–H groups in total. The van der Waals surface area contributed by atoms with Crippen molar-refractivity contribution in [1.82, 2.24) is 30.2 Å². The molecule has 0 aromatic carbocycles. The molecule has 8 heteroatoms. The van der Waals surface area contributed by atoms with E-state index in [1.54, 1.807) is 4.68 Å². The van der Waals surface area contributed by atoms with Crippen molar-refractivity contribution in [2.75, 3.05) is 13.1 Å². The van der Waals surface area contributed by atoms with Gasteiger partial charge in [0.05, 0.1) is 23.9 Å². The van der Waals surface area contributed by atoms with Gasteiger partial charge in [0.15, 0.2) is 0 Å². The molecule has 3 atom stereocenters. The lowest BCUT2D eigenvalue weighted by molar-refractivity contribution is -0.125. The van der Waals surface area contributed by atoms with Gasteiger partial charge in [-0.25, -0.2) is 0 Å². The Hall–Kier alpha value is -1.86. The standard InChI is InChI=1S/C18H28N6O.ClH/c1-6-16(17-11(2)22-24(5)12(17)3)21-18(25)15-9-19-8-14(15)13-7-20-23(4)10-13;/h7,10,14-16,19H,6,8-9H2,1-5H3,(H,21,25);1H/t14-,15+,16?;/m1./s1. The maximum atomic E-state index is 13.0. The molecule has 2 aromatic heterocycles. The molecule has 2 aromatic rings. The van der Waals surface area contributed by atoms with E-state index in [1.165, 1.54) is 0 Å². The van der Waals surface area contributed by atoms with Gasteiger partial charge in [0.25, 0.3) is 0 Å². The largest absolute Gasteiger partial charge is 0.349 e. The Morgan fingerprint density at radius 2 is 2.12 bits per heavy atom. The lowest BCUT2D eigenvalue weighted by Crippen LogP contribution is -2.37. The van der Waals surface area contributed by atoms with Gasteiger partial charge in [-0.15, -0.1) is 12.4 Å². The first-order valence-electron chi connectivity index (χ1n) is 8.92. The van der Waals surface area contributed by atoms with E-state index in [0.717, 1.165) is 35.5 Å². The molecule has 1 aliphatic heterocycles. The fourth-order valence-corrected chi connectivity index (χ4v) is 3.89. The summed E-state index contributed by atoms with van der Waals surface area (Å²) in [5.41, 5.74) is 4.36. The molecule has 1 amide bonds. The topological polar surface area (TPSA) is 76.8 Å². The minimum Gasteiger partial charge on any atom is -0.349 e. The van der Waals surface area contributed by atoms with Crippen LogP contribution in [0.25, 0.3) is 0 Å². The van der Waals surface area contributed by atoms with Gasteiger partial charge in [-0.05, 0) is 25.8 Å². The van der Waals surface area contributed by atoms with Crippen molar-refractivity contribution >= 4 is 18.3 Å². The van der Waals surface area contributed by atoms with E-state index in [1.807, 2.05) is 38.1 Å². The van der Waals surface area contributed by atoms with Crippen LogP contribution in [0.1, 0.15) is 47.8 Å². The number of aromatic nitrogens is 4. The fraction of sp³-hybridized carbons (Fsp3) is 0.611. The second kappa shape index (κ2) is 8.22. The SMILES string of the molecule is CCC(NC(=O)[C@H]1CNC[C@@H]1c1cnn(C)c1)c1c(C)nn(C)c1C.Cl. The smallest absolute Gasteiger partial charge is 0.225 e. The van der Waals surface area contributed by atoms with Gasteiger partial charge in [-0.3, -0.25) is 14.2 Å². The lowest BCUT2D eigenvalue weighted by Gasteiger charge is -2.23. The van der Waals surface area contributed by atoms with E-state index < -0.39 is 0 Å². The van der Waals surface area contributed by atoms with Gasteiger partial charge in [-0.2, -0.15) is 10.2 Å². The zero-order chi connectivity index (χ0) is 18.1. The summed E-state index contributed by atoms with van der Waals surface area (Å²) in [7, 11) is 3.85. The Bertz CT molecular complexity index is 768. The summed E-state index contributed by atoms with van der Waals surface area (Å²) in [6, 6.07) is -0.00338. The zero-order valence-corrected chi connectivity index (χ0v) is 16.9. The van der Waals surface area contributed by atoms with Crippen molar-refractivity contribution in [2.45, 2.75) is 39.2 Å². The molecule has 1 unspecified atom stereocenters. The summed E-state index contributed by atoms with van der Waals surface area (Å²) >= 11 is 0. The Morgan fingerprint density at radius 1 is 1.38 bits per heavy atom. The van der Waals surface area contributed by atoms with Crippen LogP contribution >= 0.6 is 12.4 Å². The van der Waals surface area contributed by atoms with Crippen molar-refractivity contribution in [3.05, 3.63) is 34.9 Å². The number of rotatable bonds is 5. The number of carbonyl (C=O) groups excluding carboxylic acids is 1. The van der Waals surface area contributed by atoms with Crippen LogP contribution in [0.2, 0.25) is 0 Å². The highest BCUT2D eigenvalue weighted by molar-refractivity contribution is 5.85. The van der Waals surface area contributed by atoms with E-state index in [9.17, 15) is 4.79 Å². The quantitative estimate of drug-likeness (QED) is 0.828. The number of aryl methyl sites for hydroxylation is 3. The van der Waals surface area contributed by atoms with Crippen molar-refractivity contribution in [1.29, 1.82) is 0 Å². The summed E-state index contributed by atoms with van der Waals surface area (Å²) in [4.78, 5) is 13.0. The van der Waals surface area contributed by atoms with Crippen molar-refractivity contribution in [3.8, 4) is 0 Å². The van der Waals surface area contributed by atoms with E-state index >= 15 is 0 Å². The van der Waals surface area contributed by atoms with Crippen LogP contribution < -0.4 is 10.6 Å². The van der Waals surface area contributed by atoms with Crippen LogP contribution in [-0.2, 0) is 18.9 Å². The number of halogens is 1. The highest BCUT2D eigenvalue weighted by atomic mass is 35.5. The van der Waals surface area contributed by atoms with E-state index in [0.29, 0.717) is 6.54 Å². The van der Waals surface area contributed by atoms with Crippen LogP contribution in [0.3, 0.4) is 0 Å². The first-order chi connectivity index (χ1) is 11.9. The number of carbonyl (C=O) groups is 1. The summed E-state index contributed by atoms with van der Waals surface area (Å²) in [6.45, 7) is 7.67. The van der Waals surface area contributed by atoms with Gasteiger partial charge in [-0.1, -0.05) is 6.92 Å². The molecule has 7 nitrogen and oxygen atoms in total. The Kier molecular flexibility index (Phi) is 6.47. The number of hydrogen-bond acceptors (Lipinski definition) is 4. The Labute approximate surface area is 160 Å². The number of hydrogen-bond donors (Lipinski definition) is 2. The average molecular weight is 381 g/mol. The van der Waals surface area contributed by atoms with Gasteiger partial charge in [0.2, 0.25) is 5.91 Å². The van der Waals surface area contributed by atoms with Crippen molar-refractivity contribution < 1.29 is 4.79 Å². The number of nitrogens with one attached hydrogen (secondary N) is 2. The minimum absolute atomic E-state index is 0. The van der Waals surface area contributed by atoms with Gasteiger partial charge in [0, 0.05) is 50.6 Å². The molecule has 1 aliphatic rings. The molecule has 3 rings (SSSR count). The molecular weight excluding hydrogens is 352 g/mol. The first kappa shape index (κ1) is 20.5. The molecule has 1 fully saturated rings. The lowest BCUT2D eigenvalue weighted by atomic mass is 9.89. The third-order valence-electron chi connectivity index (χ3n) is 5.34. The van der Waals surface area contributed by atoms with Crippen molar-refractivity contribution in [3.63, 3.8) is 0 Å². The molecular formula is C18H29ClN6O. The molecule has 0 saturated carbocycles. The number of nitrogens with zero attached hydrogens (tertiary/aromatic N) is 4. The highest BCUT2D eigenvalue weighted by Crippen LogP contribution is 2.30. The van der Waals surface area contributed by atoms with E-state index in [4.69, 9.17) is 0 Å². The van der Waals surface area contributed by atoms with Crippen LogP contribution in [0, 0.1) is 19.8 Å². The third-order valence-corrected chi connectivity index (χ3v) is 5.34. The summed E-state index contributed by atoms with van der Waals surface area (Å²) in [5, 5.41) is 15.4. The molecule has 26 heavy (non-hydrogen) atoms. The van der Waals surface area contributed by atoms with Crippen LogP contribution in [0.5, 0.6) is 0 Å². The molecule has 0 spiro atoms. The average Bonchev–Trinajstić information content (AvgIpc) is 3.26. The Balaban J connectivity index is 0.00000243. The van der Waals surface area contributed by atoms with E-state index in [2.05, 4.69) is 34.7 Å². The number of amides is 1. The molecule has 0 bridgehead atoms. The molecule has 144 valence electrons. The third kappa shape index (κ3) is 3.78. The molecule has 0 aliphatic carbocycles. The van der Waals surface area contributed by atoms with Crippen LogP contribution in [0.15, 0.2) is 12.4 Å². The maximum absolute atomic E-state index is 13.0. The van der Waals surface area contributed by atoms with Gasteiger partial charge in [0.1, 0.15) is 0 Å². The molecule has 0 radical (unpaired) electrons. The van der Waals surface area contributed by atoms with Crippen molar-refractivity contribution in [2.24, 2.45) is 20.0 Å². The fourth-order valence-electron chi connectivity index (χ4n) is 3.89. The Morgan fingerprint density at radius 3 is 2.65 bits per heavy atom. The predicted octanol–water partition coefficient (Wildman–Crippen LogP) is 1.76. The second-order valence-corrected chi connectivity index (χ2v) is 7.00. The summed E-state index contributed by atoms with van der Waals surface area (Å²) in [6.07, 6.45) is 4.71. The second-order valence-electron chi connectivity index (χ2n) is 7.00. The molecule has 1 saturated heterocycles. The molecule has 3 heterocycles. The normalized spacial score (nSPS) is 20.7. The van der Waals surface area contributed by atoms with Gasteiger partial charge >= 0.3 is 0 Å². The monoisotopic (exact) mass is 380 g/mol. The first-order valence-corrected chi connectivity index (χ1v) is 8.92. The van der Waals surface area contributed by atoms with Crippen LogP contribution in [-0.4, -0.2) is 38.6 Å². The van der Waals surface area contributed by atoms with Crippen LogP contribution in [0.4, 0.5) is 0 Å². The highest BCUT2D eigenvalue weighted by Gasteiger charge is 2.36. The predicted molar refractivity (Wildman–Crippen MR) is 103 cm³/mol. The zero-order valence-electron chi connectivity index (χ0n) is 16.1. The van der Waals surface area contributed by atoms with E-state index in [-0.39, 0.29) is 36.2 Å². The summed E-state index contributed by atoms with van der Waals surface area (Å²) in [5.74, 6) is 0.200.